The summed E-state index contributed by atoms with van der Waals surface area (Å²) in [5.41, 5.74) is 0.651. The Balaban J connectivity index is 1.94. The third kappa shape index (κ3) is 2.60. The van der Waals surface area contributed by atoms with E-state index >= 15 is 0 Å². The van der Waals surface area contributed by atoms with Gasteiger partial charge in [-0.05, 0) is 13.0 Å². The van der Waals surface area contributed by atoms with Gasteiger partial charge in [0.25, 0.3) is 0 Å². The van der Waals surface area contributed by atoms with Crippen molar-refractivity contribution in [3.05, 3.63) is 35.9 Å². The Labute approximate surface area is 105 Å². The number of para-hydroxylation sites is 1. The maximum absolute atomic E-state index is 9.63. The largest absolute Gasteiger partial charge is 0.504 e. The van der Waals surface area contributed by atoms with Gasteiger partial charge < -0.3 is 20.1 Å². The molecule has 0 spiro atoms. The molecule has 0 saturated carbocycles. The number of aryl methyl sites for hydroxylation is 1. The lowest BCUT2D eigenvalue weighted by Crippen LogP contribution is -2.16. The number of aromatic hydroxyl groups is 2. The minimum atomic E-state index is -0.106. The molecule has 6 nitrogen and oxygen atoms in total. The van der Waals surface area contributed by atoms with E-state index in [0.29, 0.717) is 18.7 Å². The highest BCUT2D eigenvalue weighted by Gasteiger charge is 2.06. The molecule has 1 heterocycles. The number of nitrogens with one attached hydrogen (secondary N) is 1. The van der Waals surface area contributed by atoms with Crippen molar-refractivity contribution in [1.29, 1.82) is 0 Å². The zero-order valence-electron chi connectivity index (χ0n) is 10.2. The molecule has 0 unspecified atom stereocenters. The number of nitrogens with zero attached hydrogens (tertiary/aromatic N) is 3. The summed E-state index contributed by atoms with van der Waals surface area (Å²) in [7, 11) is 0. The molecule has 0 radical (unpaired) electrons. The molecule has 18 heavy (non-hydrogen) atoms. The molecule has 6 heteroatoms. The van der Waals surface area contributed by atoms with Crippen LogP contribution < -0.4 is 5.32 Å². The summed E-state index contributed by atoms with van der Waals surface area (Å²) in [6.07, 6.45) is 1.68. The average molecular weight is 248 g/mol. The second kappa shape index (κ2) is 5.50. The predicted molar refractivity (Wildman–Crippen MR) is 66.0 cm³/mol. The van der Waals surface area contributed by atoms with Gasteiger partial charge >= 0.3 is 0 Å². The summed E-state index contributed by atoms with van der Waals surface area (Å²) in [4.78, 5) is 0. The van der Waals surface area contributed by atoms with Crippen LogP contribution in [0.25, 0.3) is 0 Å². The molecule has 3 N–H and O–H groups in total. The zero-order chi connectivity index (χ0) is 13.0. The second-order valence-corrected chi connectivity index (χ2v) is 3.92. The molecule has 2 rings (SSSR count). The quantitative estimate of drug-likeness (QED) is 0.687. The van der Waals surface area contributed by atoms with Gasteiger partial charge in [-0.2, -0.15) is 0 Å². The molecule has 0 fully saturated rings. The molecule has 0 aliphatic heterocycles. The van der Waals surface area contributed by atoms with E-state index in [0.717, 1.165) is 12.4 Å². The summed E-state index contributed by atoms with van der Waals surface area (Å²) >= 11 is 0. The lowest BCUT2D eigenvalue weighted by molar-refractivity contribution is 0.397. The molecule has 0 aliphatic carbocycles. The minimum Gasteiger partial charge on any atom is -0.504 e. The maximum Gasteiger partial charge on any atom is 0.161 e. The molecular weight excluding hydrogens is 232 g/mol. The first kappa shape index (κ1) is 12.4. The zero-order valence-corrected chi connectivity index (χ0v) is 10.2. The fraction of sp³-hybridized carbons (Fsp3) is 0.333. The Morgan fingerprint density at radius 2 is 2.11 bits per heavy atom. The number of hydrogen-bond acceptors (Lipinski definition) is 5. The van der Waals surface area contributed by atoms with Crippen molar-refractivity contribution in [1.82, 2.24) is 20.1 Å². The molecule has 1 aromatic heterocycles. The molecule has 0 amide bonds. The Hall–Kier alpha value is -2.08. The highest BCUT2D eigenvalue weighted by Crippen LogP contribution is 2.27. The van der Waals surface area contributed by atoms with Gasteiger partial charge in [-0.1, -0.05) is 12.1 Å². The Bertz CT molecular complexity index is 525. The van der Waals surface area contributed by atoms with E-state index < -0.39 is 0 Å². The van der Waals surface area contributed by atoms with E-state index in [9.17, 15) is 10.2 Å². The normalized spacial score (nSPS) is 10.7. The van der Waals surface area contributed by atoms with Crippen LogP contribution in [0, 0.1) is 0 Å². The fourth-order valence-corrected chi connectivity index (χ4v) is 1.71. The van der Waals surface area contributed by atoms with E-state index in [4.69, 9.17) is 0 Å². The van der Waals surface area contributed by atoms with Crippen molar-refractivity contribution in [2.24, 2.45) is 0 Å². The average Bonchev–Trinajstić information content (AvgIpc) is 2.82. The van der Waals surface area contributed by atoms with Crippen molar-refractivity contribution in [3.8, 4) is 11.5 Å². The molecule has 0 bridgehead atoms. The van der Waals surface area contributed by atoms with Gasteiger partial charge in [0.2, 0.25) is 0 Å². The van der Waals surface area contributed by atoms with Gasteiger partial charge in [-0.3, -0.25) is 0 Å². The first-order valence-electron chi connectivity index (χ1n) is 5.79. The minimum absolute atomic E-state index is 0.0815. The Kier molecular flexibility index (Phi) is 3.78. The third-order valence-electron chi connectivity index (χ3n) is 2.73. The third-order valence-corrected chi connectivity index (χ3v) is 2.73. The van der Waals surface area contributed by atoms with Crippen molar-refractivity contribution < 1.29 is 10.2 Å². The van der Waals surface area contributed by atoms with Crippen LogP contribution in [0.1, 0.15) is 18.3 Å². The standard InChI is InChI=1S/C12H16N4O2/c1-2-16-8-14-15-11(16)7-13-6-9-4-3-5-10(17)12(9)18/h3-5,8,13,17-18H,2,6-7H2,1H3. The van der Waals surface area contributed by atoms with Gasteiger partial charge in [0.15, 0.2) is 11.5 Å². The molecule has 1 aromatic carbocycles. The molecule has 96 valence electrons. The number of phenols is 2. The van der Waals surface area contributed by atoms with Crippen LogP contribution in [0.2, 0.25) is 0 Å². The van der Waals surface area contributed by atoms with Gasteiger partial charge in [0.1, 0.15) is 12.2 Å². The monoisotopic (exact) mass is 248 g/mol. The van der Waals surface area contributed by atoms with E-state index in [1.54, 1.807) is 18.5 Å². The fourth-order valence-electron chi connectivity index (χ4n) is 1.71. The summed E-state index contributed by atoms with van der Waals surface area (Å²) < 4.78 is 1.94. The molecular formula is C12H16N4O2. The summed E-state index contributed by atoms with van der Waals surface area (Å²) in [6.45, 7) is 3.86. The van der Waals surface area contributed by atoms with Crippen LogP contribution in [0.5, 0.6) is 11.5 Å². The predicted octanol–water partition coefficient (Wildman–Crippen LogP) is 0.999. The van der Waals surface area contributed by atoms with Gasteiger partial charge in [-0.25, -0.2) is 0 Å². The second-order valence-electron chi connectivity index (χ2n) is 3.92. The van der Waals surface area contributed by atoms with Gasteiger partial charge in [0.05, 0.1) is 6.54 Å². The smallest absolute Gasteiger partial charge is 0.161 e. The highest BCUT2D eigenvalue weighted by molar-refractivity contribution is 5.44. The summed E-state index contributed by atoms with van der Waals surface area (Å²) in [5.74, 6) is 0.658. The molecule has 2 aromatic rings. The number of hydrogen-bond donors (Lipinski definition) is 3. The number of benzene rings is 1. The van der Waals surface area contributed by atoms with Crippen LogP contribution in [0.15, 0.2) is 24.5 Å². The van der Waals surface area contributed by atoms with E-state index in [2.05, 4.69) is 15.5 Å². The lowest BCUT2D eigenvalue weighted by atomic mass is 10.2. The van der Waals surface area contributed by atoms with Gasteiger partial charge in [-0.15, -0.1) is 10.2 Å². The number of aromatic nitrogens is 3. The first-order valence-corrected chi connectivity index (χ1v) is 5.79. The maximum atomic E-state index is 9.63. The number of phenolic OH excluding ortho intramolecular Hbond substituents is 2. The van der Waals surface area contributed by atoms with Crippen molar-refractivity contribution >= 4 is 0 Å². The van der Waals surface area contributed by atoms with E-state index in [-0.39, 0.29) is 11.5 Å². The lowest BCUT2D eigenvalue weighted by Gasteiger charge is -2.08. The topological polar surface area (TPSA) is 83.2 Å². The van der Waals surface area contributed by atoms with Crippen LogP contribution in [-0.2, 0) is 19.6 Å². The van der Waals surface area contributed by atoms with Crippen molar-refractivity contribution in [2.75, 3.05) is 0 Å². The Morgan fingerprint density at radius 3 is 2.89 bits per heavy atom. The molecule has 0 saturated heterocycles. The van der Waals surface area contributed by atoms with Crippen LogP contribution in [0.3, 0.4) is 0 Å². The molecule has 0 aliphatic rings. The van der Waals surface area contributed by atoms with Crippen molar-refractivity contribution in [2.45, 2.75) is 26.6 Å². The molecule has 0 atom stereocenters. The van der Waals surface area contributed by atoms with E-state index in [1.807, 2.05) is 11.5 Å². The van der Waals surface area contributed by atoms with Crippen molar-refractivity contribution in [3.63, 3.8) is 0 Å². The number of rotatable bonds is 5. The summed E-state index contributed by atoms with van der Waals surface area (Å²) in [6, 6.07) is 4.90. The van der Waals surface area contributed by atoms with Crippen LogP contribution in [-0.4, -0.2) is 25.0 Å². The van der Waals surface area contributed by atoms with Crippen LogP contribution >= 0.6 is 0 Å². The SMILES string of the molecule is CCn1cnnc1CNCc1cccc(O)c1O. The van der Waals surface area contributed by atoms with Gasteiger partial charge in [0, 0.05) is 18.7 Å². The first-order chi connectivity index (χ1) is 8.72. The highest BCUT2D eigenvalue weighted by atomic mass is 16.3. The summed E-state index contributed by atoms with van der Waals surface area (Å²) in [5, 5.41) is 30.0. The van der Waals surface area contributed by atoms with Crippen LogP contribution in [0.4, 0.5) is 0 Å². The van der Waals surface area contributed by atoms with E-state index in [1.165, 1.54) is 6.07 Å². The Morgan fingerprint density at radius 1 is 1.28 bits per heavy atom.